The van der Waals surface area contributed by atoms with Gasteiger partial charge >= 0.3 is 5.97 Å². The number of hydrogen-bond donors (Lipinski definition) is 2. The van der Waals surface area contributed by atoms with E-state index in [0.717, 1.165) is 12.8 Å². The van der Waals surface area contributed by atoms with E-state index >= 15 is 0 Å². The molecule has 3 aliphatic rings. The molecule has 8 nitrogen and oxygen atoms in total. The monoisotopic (exact) mass is 556 g/mol. The summed E-state index contributed by atoms with van der Waals surface area (Å²) in [5.41, 5.74) is -0.668. The fourth-order valence-electron chi connectivity index (χ4n) is 5.69. The summed E-state index contributed by atoms with van der Waals surface area (Å²) in [6.07, 6.45) is 2.92. The van der Waals surface area contributed by atoms with Crippen LogP contribution in [-0.4, -0.2) is 70.1 Å². The lowest BCUT2D eigenvalue weighted by Gasteiger charge is -2.34. The molecule has 4 rings (SSSR count). The molecule has 3 unspecified atom stereocenters. The van der Waals surface area contributed by atoms with Crippen molar-refractivity contribution in [2.24, 2.45) is 11.8 Å². The van der Waals surface area contributed by atoms with Crippen LogP contribution in [-0.2, 0) is 23.9 Å². The predicted molar refractivity (Wildman–Crippen MR) is 130 cm³/mol. The fraction of sp³-hybridized carbons (Fsp3) is 0.625. The van der Waals surface area contributed by atoms with Gasteiger partial charge in [-0.1, -0.05) is 52.5 Å². The van der Waals surface area contributed by atoms with Crippen molar-refractivity contribution in [3.05, 3.63) is 29.3 Å². The average Bonchev–Trinajstić information content (AvgIpc) is 3.39. The van der Waals surface area contributed by atoms with Crippen LogP contribution in [0.2, 0.25) is 5.02 Å². The number of amides is 2. The van der Waals surface area contributed by atoms with Crippen molar-refractivity contribution >= 4 is 51.0 Å². The van der Waals surface area contributed by atoms with Gasteiger partial charge in [0, 0.05) is 18.0 Å². The highest BCUT2D eigenvalue weighted by Gasteiger charge is 2.76. The molecule has 34 heavy (non-hydrogen) atoms. The number of carbonyl (C=O) groups excluding carboxylic acids is 3. The minimum absolute atomic E-state index is 0.125. The Balaban J connectivity index is 1.65. The molecule has 10 heteroatoms. The van der Waals surface area contributed by atoms with Gasteiger partial charge in [0.25, 0.3) is 0 Å². The molecule has 3 saturated heterocycles. The van der Waals surface area contributed by atoms with Crippen LogP contribution in [0.15, 0.2) is 24.3 Å². The van der Waals surface area contributed by atoms with E-state index in [4.69, 9.17) is 26.2 Å². The van der Waals surface area contributed by atoms with E-state index < -0.39 is 35.6 Å². The Bertz CT molecular complexity index is 948. The summed E-state index contributed by atoms with van der Waals surface area (Å²) in [6, 6.07) is 6.02. The lowest BCUT2D eigenvalue weighted by molar-refractivity contribution is -0.154. The number of halogens is 2. The molecule has 2 N–H and O–H groups in total. The van der Waals surface area contributed by atoms with E-state index in [0.29, 0.717) is 36.5 Å². The van der Waals surface area contributed by atoms with Gasteiger partial charge in [0.1, 0.15) is 11.6 Å². The molecule has 1 aromatic carbocycles. The lowest BCUT2D eigenvalue weighted by atomic mass is 9.70. The summed E-state index contributed by atoms with van der Waals surface area (Å²) in [4.78, 5) is 41.7. The lowest BCUT2D eigenvalue weighted by Crippen LogP contribution is -2.54. The largest absolute Gasteiger partial charge is 0.466 e. The number of rotatable bonds is 10. The van der Waals surface area contributed by atoms with E-state index in [-0.39, 0.29) is 29.9 Å². The number of fused-ring (bicyclic) bond motifs is 1. The number of alkyl halides is 1. The molecule has 3 heterocycles. The van der Waals surface area contributed by atoms with Gasteiger partial charge in [-0.15, -0.1) is 0 Å². The zero-order chi connectivity index (χ0) is 24.5. The van der Waals surface area contributed by atoms with Crippen molar-refractivity contribution in [3.8, 4) is 0 Å². The maximum absolute atomic E-state index is 13.7. The van der Waals surface area contributed by atoms with Crippen LogP contribution < -0.4 is 5.32 Å². The van der Waals surface area contributed by atoms with Crippen LogP contribution in [0.25, 0.3) is 0 Å². The Morgan fingerprint density at radius 3 is 2.74 bits per heavy atom. The van der Waals surface area contributed by atoms with E-state index in [1.54, 1.807) is 36.1 Å². The van der Waals surface area contributed by atoms with Gasteiger partial charge in [0.05, 0.1) is 35.3 Å². The number of esters is 1. The first-order valence-corrected chi connectivity index (χ1v) is 13.1. The molecule has 2 bridgehead atoms. The third-order valence-corrected chi connectivity index (χ3v) is 8.21. The van der Waals surface area contributed by atoms with Gasteiger partial charge in [-0.05, 0) is 38.3 Å². The molecule has 3 fully saturated rings. The Hall–Kier alpha value is -1.68. The third kappa shape index (κ3) is 4.36. The molecule has 0 radical (unpaired) electrons. The highest BCUT2D eigenvalue weighted by atomic mass is 79.9. The van der Waals surface area contributed by atoms with Crippen LogP contribution >= 0.6 is 27.5 Å². The molecule has 186 valence electrons. The van der Waals surface area contributed by atoms with Crippen molar-refractivity contribution in [3.63, 3.8) is 0 Å². The first-order chi connectivity index (χ1) is 16.4. The summed E-state index contributed by atoms with van der Waals surface area (Å²) in [5.74, 6) is -2.64. The second-order valence-electron chi connectivity index (χ2n) is 9.05. The van der Waals surface area contributed by atoms with Gasteiger partial charge in [0.15, 0.2) is 0 Å². The topological polar surface area (TPSA) is 105 Å². The highest BCUT2D eigenvalue weighted by Crippen LogP contribution is 2.60. The Morgan fingerprint density at radius 1 is 1.29 bits per heavy atom. The van der Waals surface area contributed by atoms with Gasteiger partial charge in [-0.25, -0.2) is 0 Å². The first-order valence-electron chi connectivity index (χ1n) is 11.8. The maximum Gasteiger partial charge on any atom is 0.312 e. The molecule has 1 aromatic rings. The molecular weight excluding hydrogens is 528 g/mol. The first kappa shape index (κ1) is 25.4. The number of para-hydroxylation sites is 1. The summed E-state index contributed by atoms with van der Waals surface area (Å²) in [6.45, 7) is 2.41. The SMILES string of the molecule is CCOC(=O)[C@H]1[C@@H]2OC3(CC2Br)C(C(=O)Nc2ccccc2Cl)N(CCCCCCO)C(=O)[C@H]13. The predicted octanol–water partition coefficient (Wildman–Crippen LogP) is 3.14. The van der Waals surface area contributed by atoms with Crippen molar-refractivity contribution in [1.82, 2.24) is 4.90 Å². The van der Waals surface area contributed by atoms with Crippen molar-refractivity contribution in [2.75, 3.05) is 25.1 Å². The number of nitrogens with zero attached hydrogens (tertiary/aromatic N) is 1. The minimum Gasteiger partial charge on any atom is -0.466 e. The zero-order valence-electron chi connectivity index (χ0n) is 19.0. The summed E-state index contributed by atoms with van der Waals surface area (Å²) < 4.78 is 11.7. The number of anilines is 1. The van der Waals surface area contributed by atoms with E-state index in [1.165, 1.54) is 0 Å². The number of hydrogen-bond acceptors (Lipinski definition) is 6. The smallest absolute Gasteiger partial charge is 0.312 e. The van der Waals surface area contributed by atoms with Crippen molar-refractivity contribution < 1.29 is 29.0 Å². The van der Waals surface area contributed by atoms with Gasteiger partial charge in [0.2, 0.25) is 11.8 Å². The van der Waals surface area contributed by atoms with Gasteiger partial charge in [-0.3, -0.25) is 14.4 Å². The van der Waals surface area contributed by atoms with Gasteiger partial charge < -0.3 is 24.8 Å². The quantitative estimate of drug-likeness (QED) is 0.260. The summed E-state index contributed by atoms with van der Waals surface area (Å²) >= 11 is 9.89. The van der Waals surface area contributed by atoms with Crippen molar-refractivity contribution in [2.45, 2.75) is 61.6 Å². The number of likely N-dealkylation sites (tertiary alicyclic amines) is 1. The van der Waals surface area contributed by atoms with E-state index in [9.17, 15) is 14.4 Å². The number of ether oxygens (including phenoxy) is 2. The maximum atomic E-state index is 13.7. The molecule has 0 saturated carbocycles. The number of aliphatic hydroxyl groups excluding tert-OH is 1. The summed E-state index contributed by atoms with van der Waals surface area (Å²) in [5, 5.41) is 12.3. The number of nitrogens with one attached hydrogen (secondary N) is 1. The van der Waals surface area contributed by atoms with Crippen molar-refractivity contribution in [1.29, 1.82) is 0 Å². The van der Waals surface area contributed by atoms with Crippen LogP contribution in [0.1, 0.15) is 39.0 Å². The number of aliphatic hydroxyl groups is 1. The summed E-state index contributed by atoms with van der Waals surface area (Å²) in [7, 11) is 0. The Labute approximate surface area is 212 Å². The Kier molecular flexibility index (Phi) is 7.86. The van der Waals surface area contributed by atoms with Crippen LogP contribution in [0.3, 0.4) is 0 Å². The molecule has 1 spiro atoms. The normalized spacial score (nSPS) is 31.6. The molecular formula is C24H30BrClN2O6. The second kappa shape index (κ2) is 10.5. The molecule has 6 atom stereocenters. The average molecular weight is 558 g/mol. The fourth-order valence-corrected chi connectivity index (χ4v) is 6.82. The standard InChI is InChI=1S/C24H30BrClN2O6/c1-2-33-23(32)17-18-22(31)28(11-7-3-4-8-12-29)20(24(18)13-14(25)19(17)34-24)21(30)27-16-10-6-5-9-15(16)26/h5-6,9-10,14,17-20,29H,2-4,7-8,11-13H2,1H3,(H,27,30)/t14?,17-,18+,19-,20?,24?/m1/s1. The number of carbonyl (C=O) groups is 3. The van der Waals surface area contributed by atoms with E-state index in [2.05, 4.69) is 21.2 Å². The van der Waals surface area contributed by atoms with Crippen LogP contribution in [0.5, 0.6) is 0 Å². The second-order valence-corrected chi connectivity index (χ2v) is 10.6. The molecule has 0 aromatic heterocycles. The molecule has 2 amide bonds. The number of benzene rings is 1. The Morgan fingerprint density at radius 2 is 2.03 bits per heavy atom. The zero-order valence-corrected chi connectivity index (χ0v) is 21.4. The van der Waals surface area contributed by atoms with E-state index in [1.807, 2.05) is 0 Å². The minimum atomic E-state index is -1.12. The van der Waals surface area contributed by atoms with Gasteiger partial charge in [-0.2, -0.15) is 0 Å². The van der Waals surface area contributed by atoms with Crippen LogP contribution in [0.4, 0.5) is 5.69 Å². The number of unbranched alkanes of at least 4 members (excludes halogenated alkanes) is 3. The van der Waals surface area contributed by atoms with Crippen LogP contribution in [0, 0.1) is 11.8 Å². The highest BCUT2D eigenvalue weighted by molar-refractivity contribution is 9.09. The molecule has 3 aliphatic heterocycles. The molecule has 0 aliphatic carbocycles. The third-order valence-electron chi connectivity index (χ3n) is 7.04.